The summed E-state index contributed by atoms with van der Waals surface area (Å²) in [5.41, 5.74) is 8.55. The second-order valence-electron chi connectivity index (χ2n) is 9.70. The number of methoxy groups -OCH3 is 1. The van der Waals surface area contributed by atoms with Crippen LogP contribution in [0.4, 0.5) is 0 Å². The van der Waals surface area contributed by atoms with Gasteiger partial charge in [-0.15, -0.1) is 0 Å². The van der Waals surface area contributed by atoms with E-state index in [1.165, 1.54) is 34.7 Å². The molecule has 1 aromatic carbocycles. The Labute approximate surface area is 198 Å². The lowest BCUT2D eigenvalue weighted by Gasteiger charge is -2.35. The Morgan fingerprint density at radius 1 is 1.24 bits per heavy atom. The van der Waals surface area contributed by atoms with Crippen molar-refractivity contribution in [3.05, 3.63) is 61.4 Å². The molecule has 0 saturated heterocycles. The lowest BCUT2D eigenvalue weighted by atomic mass is 9.81. The highest BCUT2D eigenvalue weighted by Crippen LogP contribution is 2.46. The molecule has 1 aliphatic carbocycles. The molecule has 2 unspecified atom stereocenters. The van der Waals surface area contributed by atoms with Gasteiger partial charge in [0.1, 0.15) is 6.61 Å². The molecular weight excluding hydrogens is 430 g/mol. The second kappa shape index (κ2) is 7.23. The van der Waals surface area contributed by atoms with Crippen LogP contribution in [-0.2, 0) is 39.4 Å². The van der Waals surface area contributed by atoms with Crippen molar-refractivity contribution in [1.82, 2.24) is 14.9 Å². The SMILES string of the molecule is CCC1(OC)C(=O)OCc2c1cc1n(c2=O)Cc2c-1nc1cc(C)c(C)c3c1c2C(NC)CC3. The molecule has 1 N–H and O–H groups in total. The minimum atomic E-state index is -1.27. The molecule has 0 amide bonds. The van der Waals surface area contributed by atoms with Crippen LogP contribution < -0.4 is 10.9 Å². The third-order valence-electron chi connectivity index (χ3n) is 8.37. The number of esters is 1. The summed E-state index contributed by atoms with van der Waals surface area (Å²) < 4.78 is 12.9. The average Bonchev–Trinajstić information content (AvgIpc) is 3.21. The van der Waals surface area contributed by atoms with E-state index >= 15 is 0 Å². The van der Waals surface area contributed by atoms with E-state index in [1.54, 1.807) is 4.57 Å². The molecule has 4 heterocycles. The van der Waals surface area contributed by atoms with E-state index in [-0.39, 0.29) is 18.2 Å². The lowest BCUT2D eigenvalue weighted by molar-refractivity contribution is -0.176. The maximum Gasteiger partial charge on any atom is 0.343 e. The minimum Gasteiger partial charge on any atom is -0.458 e. The second-order valence-corrected chi connectivity index (χ2v) is 9.70. The van der Waals surface area contributed by atoms with Gasteiger partial charge in [-0.2, -0.15) is 0 Å². The van der Waals surface area contributed by atoms with E-state index in [0.29, 0.717) is 24.1 Å². The Morgan fingerprint density at radius 3 is 2.74 bits per heavy atom. The molecule has 0 radical (unpaired) electrons. The van der Waals surface area contributed by atoms with Gasteiger partial charge in [-0.1, -0.05) is 6.92 Å². The van der Waals surface area contributed by atoms with Gasteiger partial charge in [0.05, 0.1) is 29.0 Å². The molecule has 2 aliphatic heterocycles. The number of aryl methyl sites for hydroxylation is 2. The van der Waals surface area contributed by atoms with Gasteiger partial charge in [-0.25, -0.2) is 9.78 Å². The van der Waals surface area contributed by atoms with Crippen LogP contribution in [0.25, 0.3) is 22.3 Å². The first-order valence-corrected chi connectivity index (χ1v) is 12.0. The van der Waals surface area contributed by atoms with Gasteiger partial charge in [-0.05, 0) is 74.5 Å². The van der Waals surface area contributed by atoms with E-state index in [0.717, 1.165) is 35.3 Å². The molecule has 34 heavy (non-hydrogen) atoms. The number of ether oxygens (including phenoxy) is 2. The van der Waals surface area contributed by atoms with Crippen molar-refractivity contribution in [3.63, 3.8) is 0 Å². The molecule has 0 fully saturated rings. The van der Waals surface area contributed by atoms with Crippen molar-refractivity contribution in [2.45, 2.75) is 64.8 Å². The average molecular weight is 460 g/mol. The number of hydrogen-bond acceptors (Lipinski definition) is 6. The van der Waals surface area contributed by atoms with Crippen LogP contribution in [-0.4, -0.2) is 29.7 Å². The summed E-state index contributed by atoms with van der Waals surface area (Å²) in [6.45, 7) is 6.65. The fraction of sp³-hybridized carbons (Fsp3) is 0.444. The smallest absolute Gasteiger partial charge is 0.343 e. The molecular formula is C27H29N3O4. The molecule has 7 nitrogen and oxygen atoms in total. The standard InChI is InChI=1S/C27H29N3O4/c1-6-27(33-5)18-10-21-24-16(11-30(21)25(31)17(18)12-34-26(27)32)23-19(28-4)8-7-15-14(3)13(2)9-20(29-24)22(15)23/h9-10,19,28H,6-8,11-12H2,1-5H3. The number of carbonyl (C=O) groups excluding carboxylic acids is 1. The number of carbonyl (C=O) groups is 1. The molecule has 7 heteroatoms. The van der Waals surface area contributed by atoms with Gasteiger partial charge in [0.2, 0.25) is 0 Å². The van der Waals surface area contributed by atoms with Crippen molar-refractivity contribution >= 4 is 16.9 Å². The Balaban J connectivity index is 1.70. The number of hydrogen-bond donors (Lipinski definition) is 1. The van der Waals surface area contributed by atoms with Crippen LogP contribution in [0.5, 0.6) is 0 Å². The first-order valence-electron chi connectivity index (χ1n) is 12.0. The predicted molar refractivity (Wildman–Crippen MR) is 129 cm³/mol. The van der Waals surface area contributed by atoms with E-state index < -0.39 is 11.6 Å². The molecule has 0 bridgehead atoms. The summed E-state index contributed by atoms with van der Waals surface area (Å²) in [6.07, 6.45) is 2.40. The summed E-state index contributed by atoms with van der Waals surface area (Å²) in [7, 11) is 3.50. The molecule has 6 rings (SSSR count). The summed E-state index contributed by atoms with van der Waals surface area (Å²) in [5, 5.41) is 4.74. The Bertz CT molecular complexity index is 1470. The number of benzene rings is 1. The van der Waals surface area contributed by atoms with Crippen molar-refractivity contribution < 1.29 is 14.3 Å². The van der Waals surface area contributed by atoms with Crippen LogP contribution >= 0.6 is 0 Å². The van der Waals surface area contributed by atoms with E-state index in [2.05, 4.69) is 25.2 Å². The van der Waals surface area contributed by atoms with Crippen molar-refractivity contribution in [2.24, 2.45) is 0 Å². The molecule has 3 aliphatic rings. The van der Waals surface area contributed by atoms with Crippen molar-refractivity contribution in [1.29, 1.82) is 0 Å². The fourth-order valence-electron chi connectivity index (χ4n) is 6.35. The van der Waals surface area contributed by atoms with Crippen LogP contribution in [0.3, 0.4) is 0 Å². The van der Waals surface area contributed by atoms with Crippen LogP contribution in [0.2, 0.25) is 0 Å². The number of aromatic nitrogens is 2. The van der Waals surface area contributed by atoms with Gasteiger partial charge < -0.3 is 19.4 Å². The van der Waals surface area contributed by atoms with Gasteiger partial charge >= 0.3 is 5.97 Å². The van der Waals surface area contributed by atoms with Crippen molar-refractivity contribution in [3.8, 4) is 11.4 Å². The fourth-order valence-corrected chi connectivity index (χ4v) is 6.35. The highest BCUT2D eigenvalue weighted by Gasteiger charge is 2.47. The molecule has 0 spiro atoms. The monoisotopic (exact) mass is 459 g/mol. The Hall–Kier alpha value is -3.03. The van der Waals surface area contributed by atoms with Gasteiger partial charge in [0.25, 0.3) is 5.56 Å². The van der Waals surface area contributed by atoms with Crippen molar-refractivity contribution in [2.75, 3.05) is 14.2 Å². The maximum absolute atomic E-state index is 13.7. The number of cyclic esters (lactones) is 1. The minimum absolute atomic E-state index is 0.0291. The van der Waals surface area contributed by atoms with E-state index in [4.69, 9.17) is 14.5 Å². The van der Waals surface area contributed by atoms with Crippen LogP contribution in [0.15, 0.2) is 16.9 Å². The number of rotatable bonds is 3. The summed E-state index contributed by atoms with van der Waals surface area (Å²) in [6, 6.07) is 4.31. The quantitative estimate of drug-likeness (QED) is 0.472. The number of fused-ring (bicyclic) bond motifs is 5. The first-order chi connectivity index (χ1) is 16.4. The number of nitrogens with one attached hydrogen (secondary N) is 1. The van der Waals surface area contributed by atoms with E-state index in [9.17, 15) is 9.59 Å². The maximum atomic E-state index is 13.7. The number of nitrogens with zero attached hydrogens (tertiary/aromatic N) is 2. The molecule has 2 aromatic heterocycles. The predicted octanol–water partition coefficient (Wildman–Crippen LogP) is 3.56. The summed E-state index contributed by atoms with van der Waals surface area (Å²) >= 11 is 0. The zero-order valence-corrected chi connectivity index (χ0v) is 20.3. The summed E-state index contributed by atoms with van der Waals surface area (Å²) in [5.74, 6) is -0.444. The molecule has 2 atom stereocenters. The highest BCUT2D eigenvalue weighted by atomic mass is 16.6. The lowest BCUT2D eigenvalue weighted by Crippen LogP contribution is -2.45. The van der Waals surface area contributed by atoms with Crippen LogP contribution in [0.1, 0.15) is 64.8 Å². The molecule has 176 valence electrons. The zero-order valence-electron chi connectivity index (χ0n) is 20.3. The zero-order chi connectivity index (χ0) is 23.9. The summed E-state index contributed by atoms with van der Waals surface area (Å²) in [4.78, 5) is 31.6. The Morgan fingerprint density at radius 2 is 2.03 bits per heavy atom. The highest BCUT2D eigenvalue weighted by molar-refractivity contribution is 5.93. The molecule has 0 saturated carbocycles. The first kappa shape index (κ1) is 21.5. The third kappa shape index (κ3) is 2.51. The topological polar surface area (TPSA) is 82.5 Å². The van der Waals surface area contributed by atoms with Gasteiger partial charge in [0, 0.05) is 29.7 Å². The molecule has 3 aromatic rings. The van der Waals surface area contributed by atoms with Crippen LogP contribution in [0, 0.1) is 13.8 Å². The number of pyridine rings is 2. The normalized spacial score (nSPS) is 22.4. The van der Waals surface area contributed by atoms with Gasteiger partial charge in [-0.3, -0.25) is 4.79 Å². The van der Waals surface area contributed by atoms with Gasteiger partial charge in [0.15, 0.2) is 5.60 Å². The Kier molecular flexibility index (Phi) is 4.57. The van der Waals surface area contributed by atoms with E-state index in [1.807, 2.05) is 20.0 Å². The largest absolute Gasteiger partial charge is 0.458 e. The third-order valence-corrected chi connectivity index (χ3v) is 8.37.